The van der Waals surface area contributed by atoms with Gasteiger partial charge in [-0.25, -0.2) is 18.4 Å². The molecule has 5 aliphatic heterocycles. The lowest BCUT2D eigenvalue weighted by Gasteiger charge is -2.61. The van der Waals surface area contributed by atoms with E-state index >= 15 is 8.78 Å². The number of rotatable bonds is 5. The van der Waals surface area contributed by atoms with Gasteiger partial charge in [-0.1, -0.05) is 26.8 Å². The number of benzene rings is 2. The van der Waals surface area contributed by atoms with Gasteiger partial charge in [0, 0.05) is 93.7 Å². The van der Waals surface area contributed by atoms with Gasteiger partial charge in [-0.15, -0.1) is 0 Å². The summed E-state index contributed by atoms with van der Waals surface area (Å²) in [5.41, 5.74) is 4.99. The second-order valence-corrected chi connectivity index (χ2v) is 19.9. The second-order valence-electron chi connectivity index (χ2n) is 19.9. The number of imide groups is 1. The lowest BCUT2D eigenvalue weighted by molar-refractivity contribution is -0.165. The van der Waals surface area contributed by atoms with E-state index in [1.165, 1.54) is 12.1 Å². The third-order valence-corrected chi connectivity index (χ3v) is 14.1. The fourth-order valence-corrected chi connectivity index (χ4v) is 10.8. The smallest absolute Gasteiger partial charge is 0.258 e. The first-order valence-corrected chi connectivity index (χ1v) is 22.6. The van der Waals surface area contributed by atoms with Crippen LogP contribution in [0.2, 0.25) is 0 Å². The summed E-state index contributed by atoms with van der Waals surface area (Å²) in [6, 6.07) is 12.3. The van der Waals surface area contributed by atoms with Gasteiger partial charge >= 0.3 is 0 Å². The number of hydrogen-bond donors (Lipinski definition) is 2. The number of likely N-dealkylation sites (tertiary alicyclic amines) is 2. The zero-order chi connectivity index (χ0) is 45.5. The Morgan fingerprint density at radius 3 is 2.46 bits per heavy atom. The van der Waals surface area contributed by atoms with E-state index in [9.17, 15) is 19.2 Å². The summed E-state index contributed by atoms with van der Waals surface area (Å²) in [5, 5.41) is 9.70. The van der Waals surface area contributed by atoms with E-state index in [4.69, 9.17) is 14.7 Å². The highest BCUT2D eigenvalue weighted by Crippen LogP contribution is 2.45. The van der Waals surface area contributed by atoms with Gasteiger partial charge in [0.05, 0.1) is 46.9 Å². The molecule has 17 heteroatoms. The molecular weight excluding hydrogens is 835 g/mol. The van der Waals surface area contributed by atoms with Gasteiger partial charge < -0.3 is 19.1 Å². The van der Waals surface area contributed by atoms with Crippen LogP contribution in [0.5, 0.6) is 5.88 Å². The van der Waals surface area contributed by atoms with Gasteiger partial charge in [-0.05, 0) is 79.5 Å². The van der Waals surface area contributed by atoms with E-state index in [1.54, 1.807) is 23.0 Å². The number of carbonyl (C=O) groups is 4. The number of halogens is 2. The number of fused-ring (bicyclic) bond motifs is 7. The van der Waals surface area contributed by atoms with E-state index < -0.39 is 34.8 Å². The number of imidazole rings is 1. The van der Waals surface area contributed by atoms with Crippen LogP contribution in [0.1, 0.15) is 79.6 Å². The van der Waals surface area contributed by atoms with Crippen molar-refractivity contribution in [3.05, 3.63) is 82.7 Å². The number of hydrogen-bond acceptors (Lipinski definition) is 10. The summed E-state index contributed by atoms with van der Waals surface area (Å²) in [6.07, 6.45) is 3.52. The minimum atomic E-state index is -1.07. The molecule has 15 nitrogen and oxygen atoms in total. The number of aryl methyl sites for hydroxylation is 2. The number of ether oxygens (including phenoxy) is 1. The van der Waals surface area contributed by atoms with Crippen LogP contribution in [0, 0.1) is 41.2 Å². The molecule has 4 fully saturated rings. The van der Waals surface area contributed by atoms with E-state index in [-0.39, 0.29) is 47.5 Å². The molecule has 3 aromatic heterocycles. The molecule has 10 rings (SSSR count). The largest absolute Gasteiger partial charge is 0.477 e. The maximum absolute atomic E-state index is 15.5. The van der Waals surface area contributed by atoms with Gasteiger partial charge in [-0.3, -0.25) is 39.7 Å². The Bertz CT molecular complexity index is 2750. The Morgan fingerprint density at radius 1 is 0.938 bits per heavy atom. The van der Waals surface area contributed by atoms with Crippen LogP contribution in [0.15, 0.2) is 48.7 Å². The molecule has 0 unspecified atom stereocenters. The highest BCUT2D eigenvalue weighted by atomic mass is 19.1. The van der Waals surface area contributed by atoms with Crippen molar-refractivity contribution in [1.29, 1.82) is 0 Å². The number of nitrogens with zero attached hydrogens (tertiary/aromatic N) is 8. The lowest BCUT2D eigenvalue weighted by atomic mass is 9.71. The number of carbonyl (C=O) groups excluding carboxylic acids is 4. The standard InChI is InChI=1S/C48H54F2N10O5/c1-27-7-6-12-65-45-33(18-51-56(45)5)38-15-30(13-28(2)52-38)42(62)55-46-53-37-10-8-29(14-39(37)60(46)19-27)20-57-23-48(24-57)25-59(26-48)44(64)34-21-58(22-47(34,3)4)31-16-35(49)41(36(50)17-31)32-9-11-40(61)54-43(32)63/h8,10,13-18,27,32,34H,6-7,9,11-12,19-26H2,1-5H3,(H,53,55,62)(H,54,61,63)/t27-,32-,34-/m1/s1. The van der Waals surface area contributed by atoms with Crippen molar-refractivity contribution in [3.8, 4) is 17.1 Å². The van der Waals surface area contributed by atoms with Crippen molar-refractivity contribution in [2.24, 2.45) is 29.7 Å². The molecule has 0 radical (unpaired) electrons. The van der Waals surface area contributed by atoms with Crippen LogP contribution < -0.4 is 20.3 Å². The molecule has 4 amide bonds. The Balaban J connectivity index is 0.790. The molecule has 340 valence electrons. The van der Waals surface area contributed by atoms with Gasteiger partial charge in [0.1, 0.15) is 11.6 Å². The summed E-state index contributed by atoms with van der Waals surface area (Å²) in [5.74, 6) is -3.08. The maximum atomic E-state index is 15.5. The quantitative estimate of drug-likeness (QED) is 0.207. The fraction of sp³-hybridized carbons (Fsp3) is 0.479. The van der Waals surface area contributed by atoms with Crippen LogP contribution in [0.25, 0.3) is 22.3 Å². The Kier molecular flexibility index (Phi) is 10.5. The predicted molar refractivity (Wildman–Crippen MR) is 238 cm³/mol. The summed E-state index contributed by atoms with van der Waals surface area (Å²) >= 11 is 0. The predicted octanol–water partition coefficient (Wildman–Crippen LogP) is 5.81. The number of aromatic nitrogens is 5. The van der Waals surface area contributed by atoms with Crippen LogP contribution in [-0.4, -0.2) is 104 Å². The zero-order valence-electron chi connectivity index (χ0n) is 37.4. The first kappa shape index (κ1) is 42.7. The van der Waals surface area contributed by atoms with Gasteiger partial charge in [-0.2, -0.15) is 5.10 Å². The normalized spacial score (nSPS) is 23.1. The van der Waals surface area contributed by atoms with Gasteiger partial charge in [0.2, 0.25) is 29.5 Å². The molecule has 8 heterocycles. The van der Waals surface area contributed by atoms with E-state index in [2.05, 4.69) is 44.3 Å². The number of piperidine rings is 1. The first-order chi connectivity index (χ1) is 31.0. The van der Waals surface area contributed by atoms with Crippen molar-refractivity contribution < 1.29 is 32.7 Å². The molecule has 0 aliphatic carbocycles. The number of nitrogens with one attached hydrogen (secondary N) is 2. The first-order valence-electron chi connectivity index (χ1n) is 22.6. The average Bonchev–Trinajstić information content (AvgIpc) is 3.87. The van der Waals surface area contributed by atoms with Crippen molar-refractivity contribution in [1.82, 2.24) is 39.4 Å². The molecule has 3 atom stereocenters. The van der Waals surface area contributed by atoms with E-state index in [0.29, 0.717) is 73.8 Å². The van der Waals surface area contributed by atoms with Crippen molar-refractivity contribution >= 4 is 46.3 Å². The zero-order valence-corrected chi connectivity index (χ0v) is 37.4. The third-order valence-electron chi connectivity index (χ3n) is 14.1. The highest BCUT2D eigenvalue weighted by Gasteiger charge is 2.56. The van der Waals surface area contributed by atoms with Crippen LogP contribution in [-0.2, 0) is 34.5 Å². The van der Waals surface area contributed by atoms with Crippen molar-refractivity contribution in [2.75, 3.05) is 56.1 Å². The Morgan fingerprint density at radius 2 is 1.71 bits per heavy atom. The molecular formula is C48H54F2N10O5. The second kappa shape index (κ2) is 16.0. The van der Waals surface area contributed by atoms with Crippen LogP contribution in [0.4, 0.5) is 20.4 Å². The molecule has 5 aliphatic rings. The molecule has 4 saturated heterocycles. The Labute approximate surface area is 375 Å². The number of pyridine rings is 1. The van der Waals surface area contributed by atoms with Crippen molar-refractivity contribution in [2.45, 2.75) is 72.4 Å². The monoisotopic (exact) mass is 888 g/mol. The molecule has 5 aromatic rings. The minimum Gasteiger partial charge on any atom is -0.477 e. The Hall–Kier alpha value is -6.23. The summed E-state index contributed by atoms with van der Waals surface area (Å²) in [6.45, 7) is 13.8. The molecule has 2 bridgehead atoms. The lowest BCUT2D eigenvalue weighted by Crippen LogP contribution is -2.73. The molecule has 2 N–H and O–H groups in total. The van der Waals surface area contributed by atoms with Gasteiger partial charge in [0.15, 0.2) is 0 Å². The van der Waals surface area contributed by atoms with Crippen LogP contribution in [0.3, 0.4) is 0 Å². The van der Waals surface area contributed by atoms with Crippen molar-refractivity contribution in [3.63, 3.8) is 0 Å². The number of anilines is 2. The van der Waals surface area contributed by atoms with E-state index in [1.807, 2.05) is 43.7 Å². The summed E-state index contributed by atoms with van der Waals surface area (Å²) < 4.78 is 41.0. The van der Waals surface area contributed by atoms with Crippen LogP contribution >= 0.6 is 0 Å². The SMILES string of the molecule is Cc1cc2cc(n1)-c1cnn(C)c1OCCC[C@@H](C)Cn1c(nc3ccc(CN4CC5(C4)CN(C(=O)[C@H]4CN(c6cc(F)c([C@H]7CCC(=O)NC7=O)c(F)c6)CC4(C)C)C5)cc31)NC2=O. The maximum Gasteiger partial charge on any atom is 0.258 e. The molecule has 2 aromatic carbocycles. The third kappa shape index (κ3) is 7.90. The molecule has 0 saturated carbocycles. The van der Waals surface area contributed by atoms with E-state index in [0.717, 1.165) is 54.6 Å². The fourth-order valence-electron chi connectivity index (χ4n) is 10.8. The average molecular weight is 889 g/mol. The van der Waals surface area contributed by atoms with Gasteiger partial charge in [0.25, 0.3) is 5.91 Å². The minimum absolute atomic E-state index is 0.0198. The highest BCUT2D eigenvalue weighted by molar-refractivity contribution is 6.05. The summed E-state index contributed by atoms with van der Waals surface area (Å²) in [4.78, 5) is 67.7. The topological polar surface area (TPSA) is 160 Å². The molecule has 1 spiro atoms. The number of amides is 4. The molecule has 65 heavy (non-hydrogen) atoms. The summed E-state index contributed by atoms with van der Waals surface area (Å²) in [7, 11) is 1.84.